The van der Waals surface area contributed by atoms with E-state index in [1.807, 2.05) is 43.5 Å². The van der Waals surface area contributed by atoms with Gasteiger partial charge in [0.25, 0.3) is 0 Å². The van der Waals surface area contributed by atoms with Crippen molar-refractivity contribution in [2.75, 3.05) is 25.0 Å². The molecule has 0 saturated carbocycles. The van der Waals surface area contributed by atoms with Crippen molar-refractivity contribution in [2.45, 2.75) is 59.2 Å². The van der Waals surface area contributed by atoms with E-state index >= 15 is 0 Å². The zero-order valence-corrected chi connectivity index (χ0v) is 28.3. The number of benzene rings is 3. The quantitative estimate of drug-likeness (QED) is 0.136. The van der Waals surface area contributed by atoms with Gasteiger partial charge in [0.05, 0.1) is 12.2 Å². The summed E-state index contributed by atoms with van der Waals surface area (Å²) >= 11 is 0. The summed E-state index contributed by atoms with van der Waals surface area (Å²) in [6.45, 7) is 9.85. The van der Waals surface area contributed by atoms with Crippen molar-refractivity contribution in [3.8, 4) is 28.7 Å². The van der Waals surface area contributed by atoms with Crippen molar-refractivity contribution in [2.24, 2.45) is 0 Å². The summed E-state index contributed by atoms with van der Waals surface area (Å²) in [5.74, 6) is 1.20. The summed E-state index contributed by atoms with van der Waals surface area (Å²) in [6, 6.07) is 22.9. The Hall–Kier alpha value is -5.14. The molecule has 6 aromatic rings. The first kappa shape index (κ1) is 32.4. The molecule has 1 atom stereocenters. The molecule has 0 unspecified atom stereocenters. The lowest BCUT2D eigenvalue weighted by Crippen LogP contribution is -2.29. The molecule has 248 valence electrons. The maximum Gasteiger partial charge on any atom is 0.227 e. The molecule has 0 amide bonds. The third-order valence-corrected chi connectivity index (χ3v) is 9.55. The van der Waals surface area contributed by atoms with Crippen LogP contribution in [0.3, 0.4) is 0 Å². The molecule has 4 heterocycles. The first-order valence-electron chi connectivity index (χ1n) is 17.0. The Labute approximate surface area is 286 Å². The number of aliphatic hydroxyl groups is 1. The maximum atomic E-state index is 10.00. The summed E-state index contributed by atoms with van der Waals surface area (Å²) in [4.78, 5) is 16.8. The van der Waals surface area contributed by atoms with Gasteiger partial charge >= 0.3 is 0 Å². The molecule has 0 spiro atoms. The van der Waals surface area contributed by atoms with Gasteiger partial charge in [0, 0.05) is 48.2 Å². The number of likely N-dealkylation sites (tertiary alicyclic amines) is 1. The average Bonchev–Trinajstić information content (AvgIpc) is 3.56. The number of oxazole rings is 1. The monoisotopic (exact) mass is 651 g/mol. The molecule has 1 fully saturated rings. The van der Waals surface area contributed by atoms with Crippen molar-refractivity contribution in [3.63, 3.8) is 0 Å². The molecule has 7 rings (SSSR count). The van der Waals surface area contributed by atoms with Crippen LogP contribution in [0, 0.1) is 25.2 Å². The Morgan fingerprint density at radius 1 is 0.939 bits per heavy atom. The molecular formula is C40H41N7O2. The highest BCUT2D eigenvalue weighted by molar-refractivity contribution is 5.91. The molecule has 9 heteroatoms. The van der Waals surface area contributed by atoms with Gasteiger partial charge in [0.15, 0.2) is 11.4 Å². The Morgan fingerprint density at radius 2 is 1.71 bits per heavy atom. The van der Waals surface area contributed by atoms with Gasteiger partial charge in [0.2, 0.25) is 5.89 Å². The van der Waals surface area contributed by atoms with Crippen LogP contribution in [0.1, 0.15) is 54.0 Å². The molecule has 3 aromatic heterocycles. The van der Waals surface area contributed by atoms with Crippen LogP contribution in [-0.4, -0.2) is 50.7 Å². The number of aromatic nitrogens is 3. The molecule has 1 aliphatic rings. The molecular weight excluding hydrogens is 610 g/mol. The van der Waals surface area contributed by atoms with Crippen molar-refractivity contribution in [1.29, 1.82) is 5.26 Å². The predicted octanol–water partition coefficient (Wildman–Crippen LogP) is 7.79. The van der Waals surface area contributed by atoms with Crippen LogP contribution >= 0.6 is 0 Å². The van der Waals surface area contributed by atoms with Gasteiger partial charge in [0.1, 0.15) is 17.1 Å². The zero-order valence-electron chi connectivity index (χ0n) is 28.3. The van der Waals surface area contributed by atoms with Gasteiger partial charge in [-0.25, -0.2) is 9.97 Å². The van der Waals surface area contributed by atoms with Crippen molar-refractivity contribution < 1.29 is 9.52 Å². The lowest BCUT2D eigenvalue weighted by molar-refractivity contribution is 0.221. The van der Waals surface area contributed by atoms with E-state index in [2.05, 4.69) is 70.8 Å². The number of hydrogen-bond donors (Lipinski definition) is 3. The summed E-state index contributed by atoms with van der Waals surface area (Å²) in [6.07, 6.45) is 7.37. The van der Waals surface area contributed by atoms with Crippen molar-refractivity contribution in [1.82, 2.24) is 25.2 Å². The van der Waals surface area contributed by atoms with Gasteiger partial charge in [-0.2, -0.15) is 5.26 Å². The molecule has 9 nitrogen and oxygen atoms in total. The first-order chi connectivity index (χ1) is 23.9. The highest BCUT2D eigenvalue weighted by Gasteiger charge is 2.19. The number of piperidine rings is 1. The van der Waals surface area contributed by atoms with Gasteiger partial charge in [-0.15, -0.1) is 0 Å². The maximum absolute atomic E-state index is 10.00. The van der Waals surface area contributed by atoms with E-state index in [-0.39, 0.29) is 12.6 Å². The third kappa shape index (κ3) is 6.76. The van der Waals surface area contributed by atoms with Crippen LogP contribution in [0.25, 0.3) is 44.6 Å². The van der Waals surface area contributed by atoms with Crippen LogP contribution < -0.4 is 10.6 Å². The Bertz CT molecular complexity index is 2180. The Balaban J connectivity index is 1.18. The molecule has 0 radical (unpaired) electrons. The molecule has 3 N–H and O–H groups in total. The summed E-state index contributed by atoms with van der Waals surface area (Å²) in [7, 11) is 0. The second kappa shape index (κ2) is 14.1. The van der Waals surface area contributed by atoms with E-state index in [0.29, 0.717) is 34.9 Å². The van der Waals surface area contributed by atoms with E-state index in [9.17, 15) is 10.4 Å². The minimum absolute atomic E-state index is 0.0127. The highest BCUT2D eigenvalue weighted by Crippen LogP contribution is 2.37. The topological polar surface area (TPSA) is 123 Å². The second-order valence-electron chi connectivity index (χ2n) is 13.1. The SMILES string of the molecule is Cc1c(Nc2nccc3cc(CN[C@H](C)CO)cnc23)cccc1-c1cccc(-c2nc3cc(CN4CCCCC4)cc(C#N)c3o2)c1C. The number of nitrogens with zero attached hydrogens (tertiary/aromatic N) is 5. The largest absolute Gasteiger partial charge is 0.435 e. The minimum Gasteiger partial charge on any atom is -0.435 e. The molecule has 0 bridgehead atoms. The number of fused-ring (bicyclic) bond motifs is 2. The zero-order chi connectivity index (χ0) is 33.9. The molecule has 49 heavy (non-hydrogen) atoms. The standard InChI is InChI=1S/C40H41N7O2/c1-25(24-48)43-21-29-18-30-13-14-42-39(37(30)44-22-29)45-35-12-8-10-33(27(35)3)32-9-7-11-34(26(32)2)40-46-36-19-28(17-31(20-41)38(36)49-40)23-47-15-5-4-6-16-47/h7-14,17-19,22,25,43,48H,4-6,15-16,21,23-24H2,1-3H3,(H,42,45)/t25-/m1/s1. The number of aliphatic hydroxyl groups excluding tert-OH is 1. The van der Waals surface area contributed by atoms with Gasteiger partial charge in [-0.3, -0.25) is 9.88 Å². The Morgan fingerprint density at radius 3 is 2.51 bits per heavy atom. The van der Waals surface area contributed by atoms with Crippen LogP contribution in [0.5, 0.6) is 0 Å². The van der Waals surface area contributed by atoms with Crippen LogP contribution in [-0.2, 0) is 13.1 Å². The first-order valence-corrected chi connectivity index (χ1v) is 17.0. The van der Waals surface area contributed by atoms with Crippen LogP contribution in [0.2, 0.25) is 0 Å². The Kier molecular flexibility index (Phi) is 9.36. The molecule has 0 aliphatic carbocycles. The fourth-order valence-electron chi connectivity index (χ4n) is 6.76. The fourth-order valence-corrected chi connectivity index (χ4v) is 6.76. The van der Waals surface area contributed by atoms with E-state index in [1.165, 1.54) is 19.3 Å². The summed E-state index contributed by atoms with van der Waals surface area (Å²) in [5.41, 5.74) is 10.8. The van der Waals surface area contributed by atoms with Gasteiger partial charge in [-0.05, 0) is 116 Å². The highest BCUT2D eigenvalue weighted by atomic mass is 16.3. The average molecular weight is 652 g/mol. The number of anilines is 2. The summed E-state index contributed by atoms with van der Waals surface area (Å²) < 4.78 is 6.32. The smallest absolute Gasteiger partial charge is 0.227 e. The number of rotatable bonds is 10. The van der Waals surface area contributed by atoms with Gasteiger partial charge < -0.3 is 20.2 Å². The number of hydrogen-bond acceptors (Lipinski definition) is 9. The normalized spacial score (nSPS) is 14.3. The molecule has 3 aromatic carbocycles. The second-order valence-corrected chi connectivity index (χ2v) is 13.1. The number of pyridine rings is 2. The third-order valence-electron chi connectivity index (χ3n) is 9.55. The van der Waals surface area contributed by atoms with Crippen molar-refractivity contribution >= 4 is 33.5 Å². The van der Waals surface area contributed by atoms with Crippen molar-refractivity contribution in [3.05, 3.63) is 101 Å². The van der Waals surface area contributed by atoms with Crippen LogP contribution in [0.15, 0.2) is 77.5 Å². The number of nitrogens with one attached hydrogen (secondary N) is 2. The lowest BCUT2D eigenvalue weighted by Gasteiger charge is -2.26. The number of nitriles is 1. The lowest BCUT2D eigenvalue weighted by atomic mass is 9.93. The summed E-state index contributed by atoms with van der Waals surface area (Å²) in [5, 5.41) is 27.2. The van der Waals surface area contributed by atoms with E-state index < -0.39 is 0 Å². The van der Waals surface area contributed by atoms with E-state index in [1.54, 1.807) is 6.20 Å². The molecule has 1 saturated heterocycles. The van der Waals surface area contributed by atoms with Gasteiger partial charge in [-0.1, -0.05) is 30.7 Å². The van der Waals surface area contributed by atoms with E-state index in [0.717, 1.165) is 75.2 Å². The minimum atomic E-state index is 0.0127. The van der Waals surface area contributed by atoms with E-state index in [4.69, 9.17) is 14.4 Å². The van der Waals surface area contributed by atoms with Crippen LogP contribution in [0.4, 0.5) is 11.5 Å². The predicted molar refractivity (Wildman–Crippen MR) is 194 cm³/mol. The fraction of sp³-hybridized carbons (Fsp3) is 0.300. The molecule has 1 aliphatic heterocycles.